The number of thiophene rings is 1. The van der Waals surface area contributed by atoms with Gasteiger partial charge in [-0.3, -0.25) is 4.79 Å². The lowest BCUT2D eigenvalue weighted by atomic mass is 9.83. The van der Waals surface area contributed by atoms with Gasteiger partial charge in [0.25, 0.3) is 5.91 Å². The van der Waals surface area contributed by atoms with Crippen molar-refractivity contribution in [3.63, 3.8) is 0 Å². The smallest absolute Gasteiger partial charge is 0.254 e. The van der Waals surface area contributed by atoms with Gasteiger partial charge in [0.1, 0.15) is 6.10 Å². The summed E-state index contributed by atoms with van der Waals surface area (Å²) in [5, 5.41) is 3.87. The Balaban J connectivity index is 1.36. The lowest BCUT2D eigenvalue weighted by Gasteiger charge is -2.45. The highest BCUT2D eigenvalue weighted by molar-refractivity contribution is 7.08. The van der Waals surface area contributed by atoms with Gasteiger partial charge >= 0.3 is 0 Å². The van der Waals surface area contributed by atoms with Gasteiger partial charge in [0.05, 0.1) is 17.8 Å². The van der Waals surface area contributed by atoms with Crippen LogP contribution in [0.5, 0.6) is 5.88 Å². The number of ether oxygens (including phenoxy) is 2. The quantitative estimate of drug-likeness (QED) is 0.825. The second kappa shape index (κ2) is 7.37. The van der Waals surface area contributed by atoms with Crippen LogP contribution in [0.15, 0.2) is 35.0 Å². The molecule has 0 radical (unpaired) electrons. The lowest BCUT2D eigenvalue weighted by Crippen LogP contribution is -2.52. The van der Waals surface area contributed by atoms with Gasteiger partial charge in [-0.1, -0.05) is 6.07 Å². The molecule has 1 unspecified atom stereocenters. The zero-order valence-corrected chi connectivity index (χ0v) is 15.8. The van der Waals surface area contributed by atoms with Crippen molar-refractivity contribution in [2.24, 2.45) is 0 Å². The highest BCUT2D eigenvalue weighted by Gasteiger charge is 2.42. The summed E-state index contributed by atoms with van der Waals surface area (Å²) in [6, 6.07) is 7.75. The Hall–Kier alpha value is -1.92. The van der Waals surface area contributed by atoms with Crippen molar-refractivity contribution < 1.29 is 14.3 Å². The van der Waals surface area contributed by atoms with Gasteiger partial charge in [-0.2, -0.15) is 11.3 Å². The number of rotatable bonds is 3. The Morgan fingerprint density at radius 3 is 2.92 bits per heavy atom. The maximum atomic E-state index is 12.5. The SMILES string of the molecule is Cc1cccc(OC2CCOC3(CCN(C(=O)c4ccsc4)CC3)C2)n1. The minimum atomic E-state index is -0.168. The molecule has 26 heavy (non-hydrogen) atoms. The summed E-state index contributed by atoms with van der Waals surface area (Å²) in [5.41, 5.74) is 1.59. The summed E-state index contributed by atoms with van der Waals surface area (Å²) in [7, 11) is 0. The first-order chi connectivity index (χ1) is 12.6. The van der Waals surface area contributed by atoms with Crippen LogP contribution in [0.3, 0.4) is 0 Å². The zero-order chi connectivity index (χ0) is 18.0. The fourth-order valence-electron chi connectivity index (χ4n) is 3.87. The van der Waals surface area contributed by atoms with Crippen LogP contribution in [-0.4, -0.2) is 47.2 Å². The lowest BCUT2D eigenvalue weighted by molar-refractivity contribution is -0.135. The van der Waals surface area contributed by atoms with Crippen LogP contribution in [0, 0.1) is 6.92 Å². The van der Waals surface area contributed by atoms with E-state index in [1.807, 2.05) is 46.8 Å². The molecule has 5 nitrogen and oxygen atoms in total. The molecule has 1 amide bonds. The number of nitrogens with zero attached hydrogens (tertiary/aromatic N) is 2. The molecule has 4 rings (SSSR count). The maximum absolute atomic E-state index is 12.5. The monoisotopic (exact) mass is 372 g/mol. The summed E-state index contributed by atoms with van der Waals surface area (Å²) in [6.45, 7) is 4.15. The molecule has 2 saturated heterocycles. The minimum absolute atomic E-state index is 0.122. The fourth-order valence-corrected chi connectivity index (χ4v) is 4.50. The molecule has 0 aromatic carbocycles. The molecule has 0 saturated carbocycles. The number of amides is 1. The average molecular weight is 372 g/mol. The van der Waals surface area contributed by atoms with Gasteiger partial charge in [0.15, 0.2) is 0 Å². The molecular weight excluding hydrogens is 348 g/mol. The number of piperidine rings is 1. The number of hydrogen-bond donors (Lipinski definition) is 0. The number of pyridine rings is 1. The van der Waals surface area contributed by atoms with E-state index >= 15 is 0 Å². The molecule has 2 aromatic rings. The fraction of sp³-hybridized carbons (Fsp3) is 0.500. The van der Waals surface area contributed by atoms with E-state index in [0.29, 0.717) is 12.5 Å². The molecule has 2 aliphatic rings. The number of hydrogen-bond acceptors (Lipinski definition) is 5. The summed E-state index contributed by atoms with van der Waals surface area (Å²) >= 11 is 1.56. The molecule has 4 heterocycles. The number of aromatic nitrogens is 1. The van der Waals surface area contributed by atoms with Gasteiger partial charge < -0.3 is 14.4 Å². The summed E-state index contributed by atoms with van der Waals surface area (Å²) in [4.78, 5) is 18.9. The Morgan fingerprint density at radius 1 is 1.35 bits per heavy atom. The van der Waals surface area contributed by atoms with Gasteiger partial charge in [-0.25, -0.2) is 4.98 Å². The van der Waals surface area contributed by atoms with E-state index in [9.17, 15) is 4.79 Å². The molecule has 2 aromatic heterocycles. The Bertz CT molecular complexity index is 754. The first-order valence-electron chi connectivity index (χ1n) is 9.19. The standard InChI is InChI=1S/C20H24N2O3S/c1-15-3-2-4-18(21-15)25-17-5-11-24-20(13-17)7-9-22(10-8-20)19(23)16-6-12-26-14-16/h2-4,6,12,14,17H,5,7-11,13H2,1H3. The minimum Gasteiger partial charge on any atom is -0.474 e. The highest BCUT2D eigenvalue weighted by atomic mass is 32.1. The molecule has 0 N–H and O–H groups in total. The molecule has 0 bridgehead atoms. The first-order valence-corrected chi connectivity index (χ1v) is 10.1. The van der Waals surface area contributed by atoms with E-state index in [2.05, 4.69) is 4.98 Å². The Morgan fingerprint density at radius 2 is 2.19 bits per heavy atom. The van der Waals surface area contributed by atoms with Crippen LogP contribution >= 0.6 is 11.3 Å². The van der Waals surface area contributed by atoms with E-state index < -0.39 is 0 Å². The number of likely N-dealkylation sites (tertiary alicyclic amines) is 1. The zero-order valence-electron chi connectivity index (χ0n) is 15.0. The van der Waals surface area contributed by atoms with Crippen LogP contribution in [-0.2, 0) is 4.74 Å². The second-order valence-electron chi connectivity index (χ2n) is 7.19. The third-order valence-electron chi connectivity index (χ3n) is 5.33. The van der Waals surface area contributed by atoms with Gasteiger partial charge in [0, 0.05) is 43.1 Å². The molecule has 2 aliphatic heterocycles. The van der Waals surface area contributed by atoms with Crippen LogP contribution in [0.4, 0.5) is 0 Å². The second-order valence-corrected chi connectivity index (χ2v) is 7.97. The van der Waals surface area contributed by atoms with Gasteiger partial charge in [-0.05, 0) is 37.3 Å². The van der Waals surface area contributed by atoms with Crippen molar-refractivity contribution in [1.82, 2.24) is 9.88 Å². The Labute approximate surface area is 157 Å². The molecule has 138 valence electrons. The van der Waals surface area contributed by atoms with Crippen molar-refractivity contribution in [2.75, 3.05) is 19.7 Å². The van der Waals surface area contributed by atoms with E-state index in [-0.39, 0.29) is 17.6 Å². The molecular formula is C20H24N2O3S. The highest BCUT2D eigenvalue weighted by Crippen LogP contribution is 2.36. The van der Waals surface area contributed by atoms with Crippen LogP contribution in [0.25, 0.3) is 0 Å². The number of carbonyl (C=O) groups excluding carboxylic acids is 1. The van der Waals surface area contributed by atoms with Crippen LogP contribution in [0.2, 0.25) is 0 Å². The number of aryl methyl sites for hydroxylation is 1. The van der Waals surface area contributed by atoms with Gasteiger partial charge in [0.2, 0.25) is 5.88 Å². The molecule has 0 aliphatic carbocycles. The first kappa shape index (κ1) is 17.5. The largest absolute Gasteiger partial charge is 0.474 e. The van der Waals surface area contributed by atoms with Crippen molar-refractivity contribution in [3.05, 3.63) is 46.3 Å². The number of carbonyl (C=O) groups is 1. The van der Waals surface area contributed by atoms with Crippen LogP contribution in [0.1, 0.15) is 41.7 Å². The van der Waals surface area contributed by atoms with E-state index in [1.54, 1.807) is 11.3 Å². The predicted octanol–water partition coefficient (Wildman–Crippen LogP) is 3.68. The molecule has 6 heteroatoms. The predicted molar refractivity (Wildman–Crippen MR) is 101 cm³/mol. The third kappa shape index (κ3) is 3.76. The van der Waals surface area contributed by atoms with E-state index in [1.165, 1.54) is 0 Å². The van der Waals surface area contributed by atoms with Crippen molar-refractivity contribution in [2.45, 2.75) is 44.3 Å². The van der Waals surface area contributed by atoms with E-state index in [4.69, 9.17) is 9.47 Å². The van der Waals surface area contributed by atoms with E-state index in [0.717, 1.165) is 50.0 Å². The van der Waals surface area contributed by atoms with Crippen LogP contribution < -0.4 is 4.74 Å². The molecule has 1 spiro atoms. The maximum Gasteiger partial charge on any atom is 0.254 e. The summed E-state index contributed by atoms with van der Waals surface area (Å²) in [5.74, 6) is 0.825. The van der Waals surface area contributed by atoms with Crippen molar-refractivity contribution in [3.8, 4) is 5.88 Å². The summed E-state index contributed by atoms with van der Waals surface area (Å²) in [6.07, 6.45) is 3.60. The van der Waals surface area contributed by atoms with Crippen molar-refractivity contribution >= 4 is 17.2 Å². The summed E-state index contributed by atoms with van der Waals surface area (Å²) < 4.78 is 12.3. The topological polar surface area (TPSA) is 51.7 Å². The van der Waals surface area contributed by atoms with Crippen molar-refractivity contribution in [1.29, 1.82) is 0 Å². The molecule has 2 fully saturated rings. The normalized spacial score (nSPS) is 22.3. The van der Waals surface area contributed by atoms with Gasteiger partial charge in [-0.15, -0.1) is 0 Å². The molecule has 1 atom stereocenters. The average Bonchev–Trinajstić information content (AvgIpc) is 3.17. The third-order valence-corrected chi connectivity index (χ3v) is 6.01. The Kier molecular flexibility index (Phi) is 4.96.